The molecule has 0 radical (unpaired) electrons. The van der Waals surface area contributed by atoms with Gasteiger partial charge >= 0.3 is 0 Å². The van der Waals surface area contributed by atoms with Crippen molar-refractivity contribution < 1.29 is 8.42 Å². The topological polar surface area (TPSA) is 66.4 Å². The Hall–Kier alpha value is -1.21. The lowest BCUT2D eigenvalue weighted by Crippen LogP contribution is -2.38. The fraction of sp³-hybridized carbons (Fsp3) is 0.714. The largest absolute Gasteiger partial charge is 0.355 e. The van der Waals surface area contributed by atoms with Gasteiger partial charge in [-0.3, -0.25) is 4.98 Å². The quantitative estimate of drug-likeness (QED) is 0.840. The molecule has 2 saturated heterocycles. The number of sulfonamides is 1. The van der Waals surface area contributed by atoms with Crippen LogP contribution in [0.2, 0.25) is 0 Å². The molecule has 0 aliphatic carbocycles. The average molecular weight is 310 g/mol. The highest BCUT2D eigenvalue weighted by Gasteiger charge is 2.27. The Labute approximate surface area is 126 Å². The molecule has 0 bridgehead atoms. The van der Waals surface area contributed by atoms with Gasteiger partial charge < -0.3 is 4.90 Å². The predicted molar refractivity (Wildman–Crippen MR) is 81.9 cm³/mol. The van der Waals surface area contributed by atoms with Crippen LogP contribution in [0, 0.1) is 0 Å². The fourth-order valence-electron chi connectivity index (χ4n) is 3.14. The lowest BCUT2D eigenvalue weighted by Gasteiger charge is -2.30. The van der Waals surface area contributed by atoms with Crippen LogP contribution < -0.4 is 4.90 Å². The van der Waals surface area contributed by atoms with Crippen LogP contribution in [0.1, 0.15) is 37.3 Å². The normalized spacial score (nSPS) is 24.4. The molecule has 0 unspecified atom stereocenters. The van der Waals surface area contributed by atoms with Gasteiger partial charge in [0.15, 0.2) is 0 Å². The molecule has 0 N–H and O–H groups in total. The van der Waals surface area contributed by atoms with Crippen molar-refractivity contribution in [3.8, 4) is 0 Å². The molecule has 0 spiro atoms. The van der Waals surface area contributed by atoms with E-state index in [4.69, 9.17) is 0 Å². The summed E-state index contributed by atoms with van der Waals surface area (Å²) in [6, 6.07) is 0. The van der Waals surface area contributed by atoms with E-state index in [0.29, 0.717) is 13.1 Å². The summed E-state index contributed by atoms with van der Waals surface area (Å²) in [6.07, 6.45) is 9.23. The number of piperidine rings is 1. The highest BCUT2D eigenvalue weighted by atomic mass is 32.2. The molecule has 2 aliphatic rings. The van der Waals surface area contributed by atoms with Crippen molar-refractivity contribution in [1.82, 2.24) is 14.3 Å². The van der Waals surface area contributed by atoms with Crippen molar-refractivity contribution in [2.45, 2.75) is 31.6 Å². The van der Waals surface area contributed by atoms with Crippen molar-refractivity contribution in [3.63, 3.8) is 0 Å². The molecule has 2 aliphatic heterocycles. The van der Waals surface area contributed by atoms with Crippen LogP contribution in [0.3, 0.4) is 0 Å². The van der Waals surface area contributed by atoms with Crippen LogP contribution in [0.15, 0.2) is 12.4 Å². The van der Waals surface area contributed by atoms with E-state index in [0.717, 1.165) is 37.4 Å². The molecule has 6 nitrogen and oxygen atoms in total. The van der Waals surface area contributed by atoms with E-state index in [-0.39, 0.29) is 5.92 Å². The molecular weight excluding hydrogens is 288 g/mol. The molecular formula is C14H22N4O2S. The van der Waals surface area contributed by atoms with E-state index < -0.39 is 10.0 Å². The van der Waals surface area contributed by atoms with E-state index in [2.05, 4.69) is 14.9 Å². The molecule has 1 aromatic rings. The molecule has 3 heterocycles. The van der Waals surface area contributed by atoms with Crippen LogP contribution in [0.5, 0.6) is 0 Å². The Kier molecular flexibility index (Phi) is 4.12. The van der Waals surface area contributed by atoms with Crippen molar-refractivity contribution >= 4 is 15.8 Å². The number of nitrogens with zero attached hydrogens (tertiary/aromatic N) is 4. The third-order valence-electron chi connectivity index (χ3n) is 4.36. The summed E-state index contributed by atoms with van der Waals surface area (Å²) < 4.78 is 24.9. The first-order valence-electron chi connectivity index (χ1n) is 7.56. The maximum Gasteiger partial charge on any atom is 0.211 e. The van der Waals surface area contributed by atoms with Crippen molar-refractivity contribution in [3.05, 3.63) is 18.1 Å². The highest BCUT2D eigenvalue weighted by molar-refractivity contribution is 7.88. The zero-order chi connectivity index (χ0) is 14.9. The third-order valence-corrected chi connectivity index (χ3v) is 5.63. The number of aromatic nitrogens is 2. The summed E-state index contributed by atoms with van der Waals surface area (Å²) in [5.74, 6) is 1.10. The van der Waals surface area contributed by atoms with Gasteiger partial charge in [0.25, 0.3) is 0 Å². The minimum atomic E-state index is -3.11. The summed E-state index contributed by atoms with van der Waals surface area (Å²) in [4.78, 5) is 11.3. The van der Waals surface area contributed by atoms with Gasteiger partial charge in [-0.25, -0.2) is 17.7 Å². The molecule has 2 fully saturated rings. The van der Waals surface area contributed by atoms with Gasteiger partial charge in [0.2, 0.25) is 10.0 Å². The first-order valence-corrected chi connectivity index (χ1v) is 9.41. The van der Waals surface area contributed by atoms with Crippen LogP contribution >= 0.6 is 0 Å². The fourth-order valence-corrected chi connectivity index (χ4v) is 4.05. The molecule has 0 aromatic carbocycles. The van der Waals surface area contributed by atoms with Gasteiger partial charge in [0, 0.05) is 32.1 Å². The third kappa shape index (κ3) is 3.35. The second kappa shape index (κ2) is 5.88. The molecule has 3 rings (SSSR count). The lowest BCUT2D eigenvalue weighted by atomic mass is 9.96. The van der Waals surface area contributed by atoms with Gasteiger partial charge in [0.1, 0.15) is 5.82 Å². The Morgan fingerprint density at radius 2 is 1.86 bits per heavy atom. The molecule has 21 heavy (non-hydrogen) atoms. The van der Waals surface area contributed by atoms with Gasteiger partial charge in [-0.05, 0) is 25.7 Å². The van der Waals surface area contributed by atoms with Gasteiger partial charge in [-0.15, -0.1) is 0 Å². The maximum atomic E-state index is 11.7. The average Bonchev–Trinajstić information content (AvgIpc) is 3.01. The SMILES string of the molecule is CS(=O)(=O)N1CCC[C@H](c2cnc(N3CCCC3)cn2)C1. The summed E-state index contributed by atoms with van der Waals surface area (Å²) in [6.45, 7) is 3.25. The van der Waals surface area contributed by atoms with E-state index >= 15 is 0 Å². The smallest absolute Gasteiger partial charge is 0.211 e. The molecule has 0 amide bonds. The number of hydrogen-bond donors (Lipinski definition) is 0. The Morgan fingerprint density at radius 1 is 1.10 bits per heavy atom. The monoisotopic (exact) mass is 310 g/mol. The molecule has 116 valence electrons. The molecule has 0 saturated carbocycles. The predicted octanol–water partition coefficient (Wildman–Crippen LogP) is 1.22. The van der Waals surface area contributed by atoms with Gasteiger partial charge in [-0.1, -0.05) is 0 Å². The van der Waals surface area contributed by atoms with Crippen molar-refractivity contribution in [2.75, 3.05) is 37.3 Å². The Morgan fingerprint density at radius 3 is 2.48 bits per heavy atom. The zero-order valence-corrected chi connectivity index (χ0v) is 13.2. The van der Waals surface area contributed by atoms with Crippen LogP contribution in [0.25, 0.3) is 0 Å². The van der Waals surface area contributed by atoms with E-state index in [1.54, 1.807) is 4.31 Å². The standard InChI is InChI=1S/C14H22N4O2S/c1-21(19,20)18-8-4-5-12(11-18)13-9-16-14(10-15-13)17-6-2-3-7-17/h9-10,12H,2-8,11H2,1H3/t12-/m0/s1. The maximum absolute atomic E-state index is 11.7. The van der Waals surface area contributed by atoms with Gasteiger partial charge in [0.05, 0.1) is 24.3 Å². The first-order chi connectivity index (χ1) is 10.0. The van der Waals surface area contributed by atoms with E-state index in [1.807, 2.05) is 12.4 Å². The number of hydrogen-bond acceptors (Lipinski definition) is 5. The van der Waals surface area contributed by atoms with Crippen LogP contribution in [0.4, 0.5) is 5.82 Å². The molecule has 1 aromatic heterocycles. The second-order valence-electron chi connectivity index (χ2n) is 5.95. The minimum absolute atomic E-state index is 0.161. The highest BCUT2D eigenvalue weighted by Crippen LogP contribution is 2.27. The zero-order valence-electron chi connectivity index (χ0n) is 12.4. The Balaban J connectivity index is 1.71. The first kappa shape index (κ1) is 14.7. The van der Waals surface area contributed by atoms with E-state index in [1.165, 1.54) is 19.1 Å². The minimum Gasteiger partial charge on any atom is -0.355 e. The van der Waals surface area contributed by atoms with E-state index in [9.17, 15) is 8.42 Å². The van der Waals surface area contributed by atoms with Crippen molar-refractivity contribution in [1.29, 1.82) is 0 Å². The van der Waals surface area contributed by atoms with Crippen molar-refractivity contribution in [2.24, 2.45) is 0 Å². The Bertz CT molecular complexity index is 581. The number of anilines is 1. The molecule has 1 atom stereocenters. The summed E-state index contributed by atoms with van der Waals surface area (Å²) in [7, 11) is -3.11. The number of rotatable bonds is 3. The summed E-state index contributed by atoms with van der Waals surface area (Å²) in [5, 5.41) is 0. The lowest BCUT2D eigenvalue weighted by molar-refractivity contribution is 0.314. The second-order valence-corrected chi connectivity index (χ2v) is 7.94. The van der Waals surface area contributed by atoms with Gasteiger partial charge in [-0.2, -0.15) is 0 Å². The summed E-state index contributed by atoms with van der Waals surface area (Å²) in [5.41, 5.74) is 0.909. The van der Waals surface area contributed by atoms with Crippen LogP contribution in [-0.4, -0.2) is 55.1 Å². The van der Waals surface area contributed by atoms with Crippen LogP contribution in [-0.2, 0) is 10.0 Å². The summed E-state index contributed by atoms with van der Waals surface area (Å²) >= 11 is 0. The molecule has 7 heteroatoms.